The minimum Gasteiger partial charge on any atom is -0.368 e. The van der Waals surface area contributed by atoms with Crippen LogP contribution in [0.2, 0.25) is 0 Å². The maximum atomic E-state index is 6.10. The lowest BCUT2D eigenvalue weighted by Crippen LogP contribution is -2.55. The van der Waals surface area contributed by atoms with Crippen LogP contribution in [0.3, 0.4) is 0 Å². The first-order chi connectivity index (χ1) is 9.28. The van der Waals surface area contributed by atoms with Crippen LogP contribution in [0.4, 0.5) is 5.69 Å². The SMILES string of the molecule is ClCc1cc(Br)ccc1N1CCN2CCCCC2C1. The van der Waals surface area contributed by atoms with Gasteiger partial charge in [-0.1, -0.05) is 22.4 Å². The van der Waals surface area contributed by atoms with Crippen molar-refractivity contribution in [1.82, 2.24) is 4.90 Å². The van der Waals surface area contributed by atoms with E-state index in [0.717, 1.165) is 23.6 Å². The number of fused-ring (bicyclic) bond motifs is 1. The molecule has 2 aliphatic rings. The van der Waals surface area contributed by atoms with E-state index in [1.807, 2.05) is 0 Å². The van der Waals surface area contributed by atoms with Gasteiger partial charge in [0.25, 0.3) is 0 Å². The molecular formula is C15H20BrClN2. The van der Waals surface area contributed by atoms with E-state index in [0.29, 0.717) is 5.88 Å². The molecule has 19 heavy (non-hydrogen) atoms. The van der Waals surface area contributed by atoms with E-state index in [1.165, 1.54) is 43.6 Å². The van der Waals surface area contributed by atoms with E-state index in [4.69, 9.17) is 11.6 Å². The Kier molecular flexibility index (Phi) is 4.35. The summed E-state index contributed by atoms with van der Waals surface area (Å²) in [5, 5.41) is 0. The lowest BCUT2D eigenvalue weighted by atomic mass is 9.99. The normalized spacial score (nSPS) is 24.3. The molecule has 4 heteroatoms. The van der Waals surface area contributed by atoms with Crippen molar-refractivity contribution >= 4 is 33.2 Å². The highest BCUT2D eigenvalue weighted by molar-refractivity contribution is 9.10. The van der Waals surface area contributed by atoms with Crippen LogP contribution in [0.15, 0.2) is 22.7 Å². The predicted molar refractivity (Wildman–Crippen MR) is 85.1 cm³/mol. The van der Waals surface area contributed by atoms with Crippen molar-refractivity contribution in [1.29, 1.82) is 0 Å². The second-order valence-corrected chi connectivity index (χ2v) is 6.72. The minimum atomic E-state index is 0.583. The Hall–Kier alpha value is -0.250. The molecule has 2 saturated heterocycles. The van der Waals surface area contributed by atoms with Gasteiger partial charge < -0.3 is 4.90 Å². The van der Waals surface area contributed by atoms with E-state index in [9.17, 15) is 0 Å². The first-order valence-corrected chi connectivity index (χ1v) is 8.44. The zero-order valence-electron chi connectivity index (χ0n) is 11.1. The highest BCUT2D eigenvalue weighted by Crippen LogP contribution is 2.30. The maximum absolute atomic E-state index is 6.10. The summed E-state index contributed by atoms with van der Waals surface area (Å²) in [6, 6.07) is 7.23. The van der Waals surface area contributed by atoms with Gasteiger partial charge in [0.15, 0.2) is 0 Å². The third kappa shape index (κ3) is 2.93. The number of nitrogens with zero attached hydrogens (tertiary/aromatic N) is 2. The molecule has 1 atom stereocenters. The Balaban J connectivity index is 1.79. The number of rotatable bonds is 2. The van der Waals surface area contributed by atoms with Gasteiger partial charge in [0.1, 0.15) is 0 Å². The number of halogens is 2. The molecule has 0 saturated carbocycles. The van der Waals surface area contributed by atoms with Crippen LogP contribution in [0, 0.1) is 0 Å². The lowest BCUT2D eigenvalue weighted by molar-refractivity contribution is 0.133. The van der Waals surface area contributed by atoms with Crippen LogP contribution in [-0.2, 0) is 5.88 Å². The molecule has 2 nitrogen and oxygen atoms in total. The Morgan fingerprint density at radius 2 is 2.11 bits per heavy atom. The average Bonchev–Trinajstić information content (AvgIpc) is 2.46. The van der Waals surface area contributed by atoms with Gasteiger partial charge in [-0.3, -0.25) is 4.90 Å². The van der Waals surface area contributed by atoms with Crippen LogP contribution in [0.25, 0.3) is 0 Å². The molecule has 1 unspecified atom stereocenters. The minimum absolute atomic E-state index is 0.583. The van der Waals surface area contributed by atoms with Crippen molar-refractivity contribution in [2.24, 2.45) is 0 Å². The van der Waals surface area contributed by atoms with Crippen molar-refractivity contribution in [2.75, 3.05) is 31.1 Å². The Labute approximate surface area is 128 Å². The fraction of sp³-hybridized carbons (Fsp3) is 0.600. The summed E-state index contributed by atoms with van der Waals surface area (Å²) in [7, 11) is 0. The van der Waals surface area contributed by atoms with Gasteiger partial charge in [-0.2, -0.15) is 0 Å². The van der Waals surface area contributed by atoms with Crippen LogP contribution in [-0.4, -0.2) is 37.1 Å². The molecule has 0 bridgehead atoms. The molecule has 0 aromatic heterocycles. The summed E-state index contributed by atoms with van der Waals surface area (Å²) in [4.78, 5) is 5.19. The van der Waals surface area contributed by atoms with Gasteiger partial charge in [-0.15, -0.1) is 11.6 Å². The van der Waals surface area contributed by atoms with E-state index in [1.54, 1.807) is 0 Å². The number of piperazine rings is 1. The molecule has 0 spiro atoms. The summed E-state index contributed by atoms with van der Waals surface area (Å²) in [6.07, 6.45) is 4.11. The number of benzene rings is 1. The van der Waals surface area contributed by atoms with Crippen LogP contribution < -0.4 is 4.90 Å². The second kappa shape index (κ2) is 6.02. The van der Waals surface area contributed by atoms with Crippen LogP contribution in [0.5, 0.6) is 0 Å². The summed E-state index contributed by atoms with van der Waals surface area (Å²) in [5.41, 5.74) is 2.56. The molecule has 104 valence electrons. The highest BCUT2D eigenvalue weighted by atomic mass is 79.9. The number of hydrogen-bond donors (Lipinski definition) is 0. The van der Waals surface area contributed by atoms with Crippen molar-refractivity contribution in [3.8, 4) is 0 Å². The van der Waals surface area contributed by atoms with Gasteiger partial charge in [-0.05, 0) is 43.1 Å². The third-order valence-corrected chi connectivity index (χ3v) is 5.14. The molecule has 2 fully saturated rings. The van der Waals surface area contributed by atoms with Crippen molar-refractivity contribution in [3.05, 3.63) is 28.2 Å². The zero-order valence-corrected chi connectivity index (χ0v) is 13.5. The molecule has 3 rings (SSSR count). The van der Waals surface area contributed by atoms with E-state index in [2.05, 4.69) is 43.9 Å². The van der Waals surface area contributed by atoms with E-state index < -0.39 is 0 Å². The number of alkyl halides is 1. The van der Waals surface area contributed by atoms with Crippen molar-refractivity contribution in [3.63, 3.8) is 0 Å². The number of piperidine rings is 1. The largest absolute Gasteiger partial charge is 0.368 e. The van der Waals surface area contributed by atoms with Gasteiger partial charge in [0, 0.05) is 41.7 Å². The number of hydrogen-bond acceptors (Lipinski definition) is 2. The lowest BCUT2D eigenvalue weighted by Gasteiger charge is -2.45. The molecular weight excluding hydrogens is 324 g/mol. The Bertz CT molecular complexity index is 452. The Morgan fingerprint density at radius 1 is 1.21 bits per heavy atom. The molecule has 2 heterocycles. The molecule has 0 aliphatic carbocycles. The molecule has 0 amide bonds. The molecule has 2 aliphatic heterocycles. The molecule has 0 radical (unpaired) electrons. The zero-order chi connectivity index (χ0) is 13.2. The smallest absolute Gasteiger partial charge is 0.0494 e. The van der Waals surface area contributed by atoms with Gasteiger partial charge in [0.2, 0.25) is 0 Å². The van der Waals surface area contributed by atoms with Crippen LogP contribution >= 0.6 is 27.5 Å². The van der Waals surface area contributed by atoms with Gasteiger partial charge >= 0.3 is 0 Å². The van der Waals surface area contributed by atoms with Crippen molar-refractivity contribution in [2.45, 2.75) is 31.2 Å². The molecule has 1 aromatic carbocycles. The van der Waals surface area contributed by atoms with Gasteiger partial charge in [-0.25, -0.2) is 0 Å². The van der Waals surface area contributed by atoms with Gasteiger partial charge in [0.05, 0.1) is 0 Å². The standard InChI is InChI=1S/C15H20BrClN2/c16-13-4-5-15(12(9-13)10-17)19-8-7-18-6-2-1-3-14(18)11-19/h4-5,9,14H,1-3,6-8,10-11H2. The first-order valence-electron chi connectivity index (χ1n) is 7.11. The first kappa shape index (κ1) is 13.7. The van der Waals surface area contributed by atoms with Crippen molar-refractivity contribution < 1.29 is 0 Å². The fourth-order valence-electron chi connectivity index (χ4n) is 3.34. The molecule has 0 N–H and O–H groups in total. The topological polar surface area (TPSA) is 6.48 Å². The second-order valence-electron chi connectivity index (χ2n) is 5.54. The average molecular weight is 344 g/mol. The molecule has 1 aromatic rings. The fourth-order valence-corrected chi connectivity index (χ4v) is 3.97. The van der Waals surface area contributed by atoms with Crippen LogP contribution in [0.1, 0.15) is 24.8 Å². The summed E-state index contributed by atoms with van der Waals surface area (Å²) >= 11 is 9.63. The monoisotopic (exact) mass is 342 g/mol. The maximum Gasteiger partial charge on any atom is 0.0494 e. The third-order valence-electron chi connectivity index (χ3n) is 4.36. The predicted octanol–water partition coefficient (Wildman–Crippen LogP) is 3.86. The number of anilines is 1. The summed E-state index contributed by atoms with van der Waals surface area (Å²) in [6.45, 7) is 4.78. The summed E-state index contributed by atoms with van der Waals surface area (Å²) in [5.74, 6) is 0.583. The quantitative estimate of drug-likeness (QED) is 0.752. The summed E-state index contributed by atoms with van der Waals surface area (Å²) < 4.78 is 1.11. The highest BCUT2D eigenvalue weighted by Gasteiger charge is 2.29. The van der Waals surface area contributed by atoms with E-state index >= 15 is 0 Å². The van der Waals surface area contributed by atoms with E-state index in [-0.39, 0.29) is 0 Å². The Morgan fingerprint density at radius 3 is 2.95 bits per heavy atom.